The Morgan fingerprint density at radius 1 is 1.29 bits per heavy atom. The number of nitrogens with zero attached hydrogens (tertiary/aromatic N) is 1. The summed E-state index contributed by atoms with van der Waals surface area (Å²) >= 11 is 0. The number of rotatable bonds is 2. The fourth-order valence-corrected chi connectivity index (χ4v) is 1.69. The molecule has 1 aromatic rings. The summed E-state index contributed by atoms with van der Waals surface area (Å²) in [6.45, 7) is 10.3. The lowest BCUT2D eigenvalue weighted by atomic mass is 9.92. The molecule has 1 unspecified atom stereocenters. The van der Waals surface area contributed by atoms with Gasteiger partial charge in [0.1, 0.15) is 5.82 Å². The lowest BCUT2D eigenvalue weighted by Gasteiger charge is -2.36. The molecule has 0 radical (unpaired) electrons. The van der Waals surface area contributed by atoms with Crippen LogP contribution in [0, 0.1) is 5.41 Å². The first-order valence-electron chi connectivity index (χ1n) is 5.77. The summed E-state index contributed by atoms with van der Waals surface area (Å²) < 4.78 is 0. The fourth-order valence-electron chi connectivity index (χ4n) is 1.69. The molecule has 0 aliphatic heterocycles. The van der Waals surface area contributed by atoms with E-state index in [2.05, 4.69) is 27.4 Å². The second kappa shape index (κ2) is 4.80. The molecule has 0 saturated carbocycles. The Bertz CT molecular complexity index is 485. The molecule has 0 spiro atoms. The minimum atomic E-state index is -0.137. The van der Waals surface area contributed by atoms with Gasteiger partial charge in [0.15, 0.2) is 0 Å². The standard InChI is InChI=1S/C14H23N3/c1-10-8-6-7-9-11(10)12(15)17(5)13(16)14(2,3)4/h6-9,13H,1,15-16H2,2-5H3/b12-11-. The van der Waals surface area contributed by atoms with Crippen molar-refractivity contribution in [2.75, 3.05) is 7.05 Å². The van der Waals surface area contributed by atoms with E-state index in [9.17, 15) is 0 Å². The molecule has 0 aliphatic rings. The lowest BCUT2D eigenvalue weighted by Crippen LogP contribution is -2.51. The molecule has 1 rings (SSSR count). The van der Waals surface area contributed by atoms with Crippen molar-refractivity contribution in [3.8, 4) is 0 Å². The van der Waals surface area contributed by atoms with Crippen molar-refractivity contribution >= 4 is 12.4 Å². The van der Waals surface area contributed by atoms with Crippen LogP contribution in [0.2, 0.25) is 0 Å². The Balaban J connectivity index is 3.23. The quantitative estimate of drug-likeness (QED) is 0.726. The van der Waals surface area contributed by atoms with Crippen LogP contribution in [-0.4, -0.2) is 18.1 Å². The van der Waals surface area contributed by atoms with Crippen LogP contribution in [0.15, 0.2) is 24.3 Å². The summed E-state index contributed by atoms with van der Waals surface area (Å²) in [6, 6.07) is 7.80. The van der Waals surface area contributed by atoms with Gasteiger partial charge in [-0.15, -0.1) is 0 Å². The zero-order valence-corrected chi connectivity index (χ0v) is 11.2. The van der Waals surface area contributed by atoms with E-state index in [4.69, 9.17) is 11.5 Å². The molecule has 1 atom stereocenters. The normalized spacial score (nSPS) is 15.4. The number of benzene rings is 1. The minimum Gasteiger partial charge on any atom is -0.385 e. The molecule has 3 nitrogen and oxygen atoms in total. The summed E-state index contributed by atoms with van der Waals surface area (Å²) in [5.41, 5.74) is 12.3. The van der Waals surface area contributed by atoms with Gasteiger partial charge < -0.3 is 16.4 Å². The van der Waals surface area contributed by atoms with Gasteiger partial charge in [-0.1, -0.05) is 51.6 Å². The summed E-state index contributed by atoms with van der Waals surface area (Å²) in [5, 5.41) is 1.85. The first-order valence-corrected chi connectivity index (χ1v) is 5.77. The molecule has 0 aliphatic carbocycles. The highest BCUT2D eigenvalue weighted by atomic mass is 15.3. The SMILES string of the molecule is C=c1cccc/c1=C(\N)N(C)C(N)C(C)(C)C. The molecule has 4 N–H and O–H groups in total. The van der Waals surface area contributed by atoms with Gasteiger partial charge in [0.05, 0.1) is 6.17 Å². The third-order valence-corrected chi connectivity index (χ3v) is 2.98. The highest BCUT2D eigenvalue weighted by Gasteiger charge is 2.25. The van der Waals surface area contributed by atoms with Gasteiger partial charge in [-0.25, -0.2) is 0 Å². The third-order valence-electron chi connectivity index (χ3n) is 2.98. The van der Waals surface area contributed by atoms with Crippen LogP contribution in [0.25, 0.3) is 12.4 Å². The van der Waals surface area contributed by atoms with E-state index in [1.165, 1.54) is 0 Å². The minimum absolute atomic E-state index is 0.0323. The number of nitrogens with two attached hydrogens (primary N) is 2. The maximum absolute atomic E-state index is 6.19. The van der Waals surface area contributed by atoms with E-state index >= 15 is 0 Å². The molecule has 0 bridgehead atoms. The first kappa shape index (κ1) is 13.6. The van der Waals surface area contributed by atoms with Crippen molar-refractivity contribution in [1.82, 2.24) is 4.90 Å². The van der Waals surface area contributed by atoms with Gasteiger partial charge in [-0.2, -0.15) is 0 Å². The highest BCUT2D eigenvalue weighted by molar-refractivity contribution is 5.39. The zero-order chi connectivity index (χ0) is 13.2. The number of hydrogen-bond donors (Lipinski definition) is 2. The van der Waals surface area contributed by atoms with Crippen molar-refractivity contribution < 1.29 is 0 Å². The second-order valence-electron chi connectivity index (χ2n) is 5.46. The molecular weight excluding hydrogens is 210 g/mol. The van der Waals surface area contributed by atoms with Crippen LogP contribution in [0.4, 0.5) is 0 Å². The summed E-state index contributed by atoms with van der Waals surface area (Å²) in [5.74, 6) is 0.665. The van der Waals surface area contributed by atoms with Crippen LogP contribution >= 0.6 is 0 Å². The van der Waals surface area contributed by atoms with Gasteiger partial charge in [0.25, 0.3) is 0 Å². The smallest absolute Gasteiger partial charge is 0.108 e. The Hall–Kier alpha value is -1.48. The topological polar surface area (TPSA) is 55.3 Å². The van der Waals surface area contributed by atoms with E-state index in [1.807, 2.05) is 36.2 Å². The zero-order valence-electron chi connectivity index (χ0n) is 11.2. The van der Waals surface area contributed by atoms with Gasteiger partial charge in [0, 0.05) is 12.3 Å². The molecule has 17 heavy (non-hydrogen) atoms. The number of hydrogen-bond acceptors (Lipinski definition) is 3. The van der Waals surface area contributed by atoms with Crippen molar-refractivity contribution in [2.24, 2.45) is 16.9 Å². The fraction of sp³-hybridized carbons (Fsp3) is 0.429. The molecule has 0 amide bonds. The van der Waals surface area contributed by atoms with Crippen LogP contribution in [0.1, 0.15) is 20.8 Å². The Morgan fingerprint density at radius 2 is 1.82 bits per heavy atom. The van der Waals surface area contributed by atoms with Gasteiger partial charge >= 0.3 is 0 Å². The van der Waals surface area contributed by atoms with Crippen molar-refractivity contribution in [3.63, 3.8) is 0 Å². The summed E-state index contributed by atoms with van der Waals surface area (Å²) in [4.78, 5) is 1.91. The van der Waals surface area contributed by atoms with Gasteiger partial charge in [-0.3, -0.25) is 0 Å². The predicted molar refractivity (Wildman–Crippen MR) is 74.0 cm³/mol. The average molecular weight is 233 g/mol. The van der Waals surface area contributed by atoms with E-state index in [-0.39, 0.29) is 11.6 Å². The molecular formula is C14H23N3. The maximum Gasteiger partial charge on any atom is 0.108 e. The highest BCUT2D eigenvalue weighted by Crippen LogP contribution is 2.20. The van der Waals surface area contributed by atoms with Crippen molar-refractivity contribution in [2.45, 2.75) is 26.9 Å². The molecule has 94 valence electrons. The monoisotopic (exact) mass is 233 g/mol. The first-order chi connectivity index (χ1) is 7.75. The van der Waals surface area contributed by atoms with Crippen LogP contribution in [0.3, 0.4) is 0 Å². The van der Waals surface area contributed by atoms with E-state index in [0.29, 0.717) is 5.82 Å². The van der Waals surface area contributed by atoms with Crippen molar-refractivity contribution in [1.29, 1.82) is 0 Å². The van der Waals surface area contributed by atoms with E-state index in [0.717, 1.165) is 10.4 Å². The van der Waals surface area contributed by atoms with E-state index in [1.54, 1.807) is 0 Å². The molecule has 0 heterocycles. The van der Waals surface area contributed by atoms with Crippen LogP contribution in [-0.2, 0) is 0 Å². The van der Waals surface area contributed by atoms with Gasteiger partial charge in [-0.05, 0) is 10.6 Å². The van der Waals surface area contributed by atoms with Gasteiger partial charge in [0.2, 0.25) is 0 Å². The Labute approximate surface area is 103 Å². The molecule has 1 aromatic carbocycles. The molecule has 0 saturated heterocycles. The lowest BCUT2D eigenvalue weighted by molar-refractivity contribution is 0.184. The second-order valence-corrected chi connectivity index (χ2v) is 5.46. The Morgan fingerprint density at radius 3 is 2.29 bits per heavy atom. The predicted octanol–water partition coefficient (Wildman–Crippen LogP) is 0.384. The molecule has 0 aromatic heterocycles. The van der Waals surface area contributed by atoms with Crippen molar-refractivity contribution in [3.05, 3.63) is 34.7 Å². The Kier molecular flexibility index (Phi) is 3.83. The molecule has 3 heteroatoms. The van der Waals surface area contributed by atoms with Crippen LogP contribution in [0.5, 0.6) is 0 Å². The van der Waals surface area contributed by atoms with Crippen LogP contribution < -0.4 is 21.9 Å². The molecule has 0 fully saturated rings. The largest absolute Gasteiger partial charge is 0.385 e. The maximum atomic E-state index is 6.19. The summed E-state index contributed by atoms with van der Waals surface area (Å²) in [6.07, 6.45) is -0.137. The average Bonchev–Trinajstić information content (AvgIpc) is 2.25. The third kappa shape index (κ3) is 3.01. The van der Waals surface area contributed by atoms with E-state index < -0.39 is 0 Å². The summed E-state index contributed by atoms with van der Waals surface area (Å²) in [7, 11) is 1.91.